The first kappa shape index (κ1) is 20.1. The van der Waals surface area contributed by atoms with Crippen LogP contribution in [0, 0.1) is 5.82 Å². The molecule has 0 spiro atoms. The van der Waals surface area contributed by atoms with Crippen LogP contribution in [0.5, 0.6) is 0 Å². The molecule has 0 unspecified atom stereocenters. The van der Waals surface area contributed by atoms with Crippen LogP contribution >= 0.6 is 0 Å². The standard InChI is InChI=1S/C21H17F4N3O2/c22-14-5-3-12(4-6-14)20(30)28-9-1-2-13(11-28)16-10-17-15(19(29)27-16)7-8-18(26-17)21(23,24)25/h3-8,10,13H,1-2,9,11H2,(H,27,29)/t13-/m0/s1. The summed E-state index contributed by atoms with van der Waals surface area (Å²) in [6, 6.07) is 8.56. The third-order valence-electron chi connectivity index (χ3n) is 5.25. The molecule has 1 aromatic carbocycles. The summed E-state index contributed by atoms with van der Waals surface area (Å²) in [6.45, 7) is 0.789. The Morgan fingerprint density at radius 2 is 1.87 bits per heavy atom. The molecular formula is C21H17F4N3O2. The molecule has 0 radical (unpaired) electrons. The van der Waals surface area contributed by atoms with Gasteiger partial charge in [0.05, 0.1) is 10.9 Å². The Hall–Kier alpha value is -3.23. The Bertz CT molecular complexity index is 1160. The molecule has 1 fully saturated rings. The maximum atomic E-state index is 13.1. The Kier molecular flexibility index (Phi) is 5.05. The average molecular weight is 419 g/mol. The molecule has 3 heterocycles. The van der Waals surface area contributed by atoms with Gasteiger partial charge in [0.15, 0.2) is 0 Å². The van der Waals surface area contributed by atoms with Crippen molar-refractivity contribution in [3.63, 3.8) is 0 Å². The summed E-state index contributed by atoms with van der Waals surface area (Å²) in [5, 5.41) is 0.0711. The van der Waals surface area contributed by atoms with Gasteiger partial charge in [-0.25, -0.2) is 9.37 Å². The number of alkyl halides is 3. The summed E-state index contributed by atoms with van der Waals surface area (Å²) in [6.07, 6.45) is -3.29. The average Bonchev–Trinajstić information content (AvgIpc) is 2.73. The van der Waals surface area contributed by atoms with E-state index in [1.807, 2.05) is 0 Å². The summed E-state index contributed by atoms with van der Waals surface area (Å²) in [5.41, 5.74) is -0.837. The van der Waals surface area contributed by atoms with E-state index in [1.54, 1.807) is 4.90 Å². The summed E-state index contributed by atoms with van der Waals surface area (Å²) >= 11 is 0. The molecule has 2 aromatic heterocycles. The number of carbonyl (C=O) groups is 1. The van der Waals surface area contributed by atoms with Gasteiger partial charge >= 0.3 is 6.18 Å². The van der Waals surface area contributed by atoms with E-state index in [0.717, 1.165) is 12.1 Å². The number of aromatic nitrogens is 2. The van der Waals surface area contributed by atoms with Crippen LogP contribution in [0.4, 0.5) is 17.6 Å². The van der Waals surface area contributed by atoms with Crippen LogP contribution in [0.1, 0.15) is 40.5 Å². The minimum absolute atomic E-state index is 0.0365. The first-order chi connectivity index (χ1) is 14.2. The van der Waals surface area contributed by atoms with Gasteiger partial charge in [-0.05, 0) is 55.3 Å². The molecule has 1 atom stereocenters. The highest BCUT2D eigenvalue weighted by Crippen LogP contribution is 2.30. The zero-order valence-corrected chi connectivity index (χ0v) is 15.7. The molecule has 9 heteroatoms. The Morgan fingerprint density at radius 1 is 1.13 bits per heavy atom. The molecule has 0 aliphatic carbocycles. The Balaban J connectivity index is 1.63. The molecule has 156 valence electrons. The van der Waals surface area contributed by atoms with Gasteiger partial charge in [0, 0.05) is 30.3 Å². The van der Waals surface area contributed by atoms with Crippen LogP contribution in [0.15, 0.2) is 47.3 Å². The van der Waals surface area contributed by atoms with Crippen LogP contribution < -0.4 is 5.56 Å². The molecule has 0 bridgehead atoms. The van der Waals surface area contributed by atoms with Crippen molar-refractivity contribution in [1.29, 1.82) is 0 Å². The number of fused-ring (bicyclic) bond motifs is 1. The van der Waals surface area contributed by atoms with Crippen molar-refractivity contribution in [2.75, 3.05) is 13.1 Å². The fraction of sp³-hybridized carbons (Fsp3) is 0.286. The molecule has 5 nitrogen and oxygen atoms in total. The van der Waals surface area contributed by atoms with Gasteiger partial charge in [-0.3, -0.25) is 9.59 Å². The van der Waals surface area contributed by atoms with Gasteiger partial charge in [-0.1, -0.05) is 0 Å². The van der Waals surface area contributed by atoms with Crippen molar-refractivity contribution < 1.29 is 22.4 Å². The zero-order valence-electron chi connectivity index (χ0n) is 15.7. The van der Waals surface area contributed by atoms with Crippen molar-refractivity contribution in [3.05, 3.63) is 75.6 Å². The smallest absolute Gasteiger partial charge is 0.338 e. The lowest BCUT2D eigenvalue weighted by Crippen LogP contribution is -2.39. The number of carbonyl (C=O) groups excluding carboxylic acids is 1. The van der Waals surface area contributed by atoms with Crippen LogP contribution in [0.25, 0.3) is 10.9 Å². The number of aromatic amines is 1. The van der Waals surface area contributed by atoms with Gasteiger partial charge in [-0.2, -0.15) is 13.2 Å². The first-order valence-electron chi connectivity index (χ1n) is 9.38. The Morgan fingerprint density at radius 3 is 2.57 bits per heavy atom. The van der Waals surface area contributed by atoms with Crippen molar-refractivity contribution in [1.82, 2.24) is 14.9 Å². The number of nitrogens with one attached hydrogen (secondary N) is 1. The Labute approximate surface area is 168 Å². The number of piperidine rings is 1. The third kappa shape index (κ3) is 3.92. The molecule has 1 amide bonds. The highest BCUT2D eigenvalue weighted by Gasteiger charge is 2.33. The fourth-order valence-electron chi connectivity index (χ4n) is 3.73. The molecule has 3 aromatic rings. The number of pyridine rings is 2. The number of likely N-dealkylation sites (tertiary alicyclic amines) is 1. The van der Waals surface area contributed by atoms with Crippen molar-refractivity contribution in [2.45, 2.75) is 24.9 Å². The first-order valence-corrected chi connectivity index (χ1v) is 9.38. The molecular weight excluding hydrogens is 402 g/mol. The van der Waals surface area contributed by atoms with E-state index < -0.39 is 23.2 Å². The molecule has 1 aliphatic rings. The highest BCUT2D eigenvalue weighted by molar-refractivity contribution is 5.94. The van der Waals surface area contributed by atoms with Gasteiger partial charge in [0.25, 0.3) is 11.5 Å². The van der Waals surface area contributed by atoms with E-state index in [9.17, 15) is 27.2 Å². The largest absolute Gasteiger partial charge is 0.433 e. The highest BCUT2D eigenvalue weighted by atomic mass is 19.4. The van der Waals surface area contributed by atoms with Crippen LogP contribution in [0.2, 0.25) is 0 Å². The van der Waals surface area contributed by atoms with Crippen LogP contribution in [-0.2, 0) is 6.18 Å². The van der Waals surface area contributed by atoms with E-state index >= 15 is 0 Å². The van der Waals surface area contributed by atoms with Gasteiger partial charge in [0.2, 0.25) is 0 Å². The summed E-state index contributed by atoms with van der Waals surface area (Å²) in [5.74, 6) is -0.959. The van der Waals surface area contributed by atoms with E-state index in [0.29, 0.717) is 30.6 Å². The monoisotopic (exact) mass is 419 g/mol. The van der Waals surface area contributed by atoms with E-state index in [1.165, 1.54) is 30.3 Å². The molecule has 30 heavy (non-hydrogen) atoms. The number of amides is 1. The van der Waals surface area contributed by atoms with Crippen molar-refractivity contribution in [3.8, 4) is 0 Å². The van der Waals surface area contributed by atoms with E-state index in [4.69, 9.17) is 0 Å². The normalized spacial score (nSPS) is 17.3. The van der Waals surface area contributed by atoms with E-state index in [-0.39, 0.29) is 29.3 Å². The summed E-state index contributed by atoms with van der Waals surface area (Å²) < 4.78 is 52.1. The topological polar surface area (TPSA) is 66.1 Å². The lowest BCUT2D eigenvalue weighted by atomic mass is 9.93. The molecule has 1 N–H and O–H groups in total. The second kappa shape index (κ2) is 7.55. The number of hydrogen-bond acceptors (Lipinski definition) is 3. The minimum atomic E-state index is -4.61. The number of rotatable bonds is 2. The second-order valence-electron chi connectivity index (χ2n) is 7.28. The van der Waals surface area contributed by atoms with Crippen molar-refractivity contribution in [2.24, 2.45) is 0 Å². The zero-order chi connectivity index (χ0) is 21.5. The molecule has 1 aliphatic heterocycles. The molecule has 0 saturated carbocycles. The van der Waals surface area contributed by atoms with E-state index in [2.05, 4.69) is 9.97 Å². The number of benzene rings is 1. The van der Waals surface area contributed by atoms with Crippen LogP contribution in [0.3, 0.4) is 0 Å². The second-order valence-corrected chi connectivity index (χ2v) is 7.28. The predicted molar refractivity (Wildman–Crippen MR) is 102 cm³/mol. The van der Waals surface area contributed by atoms with Gasteiger partial charge < -0.3 is 9.88 Å². The third-order valence-corrected chi connectivity index (χ3v) is 5.25. The van der Waals surface area contributed by atoms with Crippen molar-refractivity contribution >= 4 is 16.8 Å². The quantitative estimate of drug-likeness (QED) is 0.636. The summed E-state index contributed by atoms with van der Waals surface area (Å²) in [7, 11) is 0. The number of halogens is 4. The summed E-state index contributed by atoms with van der Waals surface area (Å²) in [4.78, 5) is 33.0. The van der Waals surface area contributed by atoms with Crippen LogP contribution in [-0.4, -0.2) is 33.9 Å². The maximum Gasteiger partial charge on any atom is 0.433 e. The lowest BCUT2D eigenvalue weighted by molar-refractivity contribution is -0.140. The minimum Gasteiger partial charge on any atom is -0.338 e. The van der Waals surface area contributed by atoms with Gasteiger partial charge in [-0.15, -0.1) is 0 Å². The lowest BCUT2D eigenvalue weighted by Gasteiger charge is -2.33. The SMILES string of the molecule is O=C(c1ccc(F)cc1)N1CCC[C@H](c2cc3nc(C(F)(F)F)ccc3c(=O)[nH]2)C1. The maximum absolute atomic E-state index is 13.1. The predicted octanol–water partition coefficient (Wildman–Crippen LogP) is 4.10. The molecule has 1 saturated heterocycles. The number of hydrogen-bond donors (Lipinski definition) is 1. The number of nitrogens with zero attached hydrogens (tertiary/aromatic N) is 2. The molecule has 4 rings (SSSR count). The van der Waals surface area contributed by atoms with Gasteiger partial charge in [0.1, 0.15) is 11.5 Å². The fourth-order valence-corrected chi connectivity index (χ4v) is 3.73. The number of H-pyrrole nitrogens is 1.